The number of rotatable bonds is 8. The normalized spacial score (nSPS) is 10.8. The minimum Gasteiger partial charge on any atom is -0.493 e. The Balaban J connectivity index is 1.88. The molecule has 0 aliphatic heterocycles. The molecule has 2 aromatic carbocycles. The Morgan fingerprint density at radius 1 is 0.846 bits per heavy atom. The summed E-state index contributed by atoms with van der Waals surface area (Å²) in [6.45, 7) is 4.91. The summed E-state index contributed by atoms with van der Waals surface area (Å²) in [5.74, 6) is 1.40. The van der Waals surface area contributed by atoms with Gasteiger partial charge in [-0.1, -0.05) is 24.3 Å². The molecule has 7 heteroatoms. The van der Waals surface area contributed by atoms with Crippen LogP contribution in [0, 0.1) is 0 Å². The highest BCUT2D eigenvalue weighted by atomic mass is 16.5. The fraction of sp³-hybridized carbons (Fsp3) is 0.211. The Labute approximate surface area is 152 Å². The summed E-state index contributed by atoms with van der Waals surface area (Å²) in [5, 5.41) is 7.78. The Bertz CT molecular complexity index is 711. The molecule has 0 fully saturated rings. The number of hydrogen-bond donors (Lipinski definition) is 2. The van der Waals surface area contributed by atoms with Crippen LogP contribution >= 0.6 is 0 Å². The van der Waals surface area contributed by atoms with Crippen molar-refractivity contribution < 1.29 is 14.3 Å². The van der Waals surface area contributed by atoms with Crippen molar-refractivity contribution in [2.75, 3.05) is 13.2 Å². The first-order valence-corrected chi connectivity index (χ1v) is 8.30. The number of hydrogen-bond acceptors (Lipinski definition) is 5. The highest BCUT2D eigenvalue weighted by molar-refractivity contribution is 5.86. The van der Waals surface area contributed by atoms with Crippen LogP contribution in [0.4, 0.5) is 4.79 Å². The first-order chi connectivity index (χ1) is 12.7. The summed E-state index contributed by atoms with van der Waals surface area (Å²) in [4.78, 5) is 11.7. The van der Waals surface area contributed by atoms with Crippen LogP contribution in [0.25, 0.3) is 0 Å². The van der Waals surface area contributed by atoms with Gasteiger partial charge >= 0.3 is 6.03 Å². The second kappa shape index (κ2) is 10.5. The van der Waals surface area contributed by atoms with E-state index in [1.807, 2.05) is 62.4 Å². The van der Waals surface area contributed by atoms with Gasteiger partial charge in [0.15, 0.2) is 0 Å². The van der Waals surface area contributed by atoms with Gasteiger partial charge in [0.2, 0.25) is 0 Å². The molecule has 136 valence electrons. The van der Waals surface area contributed by atoms with E-state index in [1.165, 1.54) is 12.4 Å². The Hall–Kier alpha value is -3.35. The number of amides is 2. The van der Waals surface area contributed by atoms with Gasteiger partial charge in [0, 0.05) is 11.1 Å². The number of para-hydroxylation sites is 2. The molecule has 7 nitrogen and oxygen atoms in total. The maximum Gasteiger partial charge on any atom is 0.355 e. The molecule has 0 spiro atoms. The van der Waals surface area contributed by atoms with Crippen molar-refractivity contribution in [3.63, 3.8) is 0 Å². The van der Waals surface area contributed by atoms with Crippen LogP contribution in [0.3, 0.4) is 0 Å². The fourth-order valence-corrected chi connectivity index (χ4v) is 2.09. The number of urea groups is 1. The van der Waals surface area contributed by atoms with E-state index in [1.54, 1.807) is 0 Å². The highest BCUT2D eigenvalue weighted by Crippen LogP contribution is 2.16. The summed E-state index contributed by atoms with van der Waals surface area (Å²) in [7, 11) is 0. The molecule has 0 heterocycles. The number of carbonyl (C=O) groups is 1. The molecule has 0 atom stereocenters. The van der Waals surface area contributed by atoms with Crippen LogP contribution in [-0.2, 0) is 0 Å². The van der Waals surface area contributed by atoms with E-state index in [2.05, 4.69) is 21.1 Å². The van der Waals surface area contributed by atoms with E-state index in [-0.39, 0.29) is 0 Å². The maximum atomic E-state index is 11.7. The lowest BCUT2D eigenvalue weighted by Crippen LogP contribution is -2.28. The number of hydrazone groups is 2. The van der Waals surface area contributed by atoms with Crippen molar-refractivity contribution in [1.82, 2.24) is 10.9 Å². The summed E-state index contributed by atoms with van der Waals surface area (Å²) in [5.41, 5.74) is 6.23. The average molecular weight is 354 g/mol. The highest BCUT2D eigenvalue weighted by Gasteiger charge is 2.01. The van der Waals surface area contributed by atoms with E-state index in [0.717, 1.165) is 11.1 Å². The molecule has 0 aromatic heterocycles. The zero-order chi connectivity index (χ0) is 18.6. The molecule has 0 saturated carbocycles. The molecule has 0 bridgehead atoms. The largest absolute Gasteiger partial charge is 0.493 e. The number of ether oxygens (including phenoxy) is 2. The molecule has 0 radical (unpaired) electrons. The van der Waals surface area contributed by atoms with Crippen molar-refractivity contribution in [1.29, 1.82) is 0 Å². The smallest absolute Gasteiger partial charge is 0.355 e. The van der Waals surface area contributed by atoms with Gasteiger partial charge in [-0.25, -0.2) is 15.6 Å². The summed E-state index contributed by atoms with van der Waals surface area (Å²) in [6.07, 6.45) is 3.03. The Kier molecular flexibility index (Phi) is 7.67. The Morgan fingerprint density at radius 2 is 1.27 bits per heavy atom. The lowest BCUT2D eigenvalue weighted by Gasteiger charge is -2.06. The van der Waals surface area contributed by atoms with Crippen LogP contribution in [0.15, 0.2) is 58.7 Å². The maximum absolute atomic E-state index is 11.7. The topological polar surface area (TPSA) is 84.3 Å². The first-order valence-electron chi connectivity index (χ1n) is 8.30. The van der Waals surface area contributed by atoms with Gasteiger partial charge in [0.1, 0.15) is 11.5 Å². The molecular formula is C19H22N4O3. The van der Waals surface area contributed by atoms with E-state index in [0.29, 0.717) is 24.7 Å². The van der Waals surface area contributed by atoms with Gasteiger partial charge in [0.05, 0.1) is 25.6 Å². The van der Waals surface area contributed by atoms with Crippen LogP contribution < -0.4 is 20.3 Å². The summed E-state index contributed by atoms with van der Waals surface area (Å²) in [6, 6.07) is 14.3. The third-order valence-electron chi connectivity index (χ3n) is 3.18. The summed E-state index contributed by atoms with van der Waals surface area (Å²) < 4.78 is 11.0. The number of nitrogens with one attached hydrogen (secondary N) is 2. The minimum absolute atomic E-state index is 0.552. The van der Waals surface area contributed by atoms with Crippen LogP contribution in [-0.4, -0.2) is 31.7 Å². The monoisotopic (exact) mass is 354 g/mol. The van der Waals surface area contributed by atoms with Crippen LogP contribution in [0.2, 0.25) is 0 Å². The van der Waals surface area contributed by atoms with Crippen molar-refractivity contribution in [3.8, 4) is 11.5 Å². The summed E-state index contributed by atoms with van der Waals surface area (Å²) >= 11 is 0. The Morgan fingerprint density at radius 3 is 1.69 bits per heavy atom. The van der Waals surface area contributed by atoms with Crippen LogP contribution in [0.5, 0.6) is 11.5 Å². The first kappa shape index (κ1) is 19.0. The molecule has 0 aliphatic carbocycles. The third kappa shape index (κ3) is 5.94. The zero-order valence-electron chi connectivity index (χ0n) is 14.8. The van der Waals surface area contributed by atoms with Gasteiger partial charge < -0.3 is 9.47 Å². The lowest BCUT2D eigenvalue weighted by atomic mass is 10.2. The zero-order valence-corrected chi connectivity index (χ0v) is 14.8. The van der Waals surface area contributed by atoms with E-state index in [4.69, 9.17) is 9.47 Å². The van der Waals surface area contributed by atoms with Crippen LogP contribution in [0.1, 0.15) is 25.0 Å². The van der Waals surface area contributed by atoms with E-state index >= 15 is 0 Å². The quantitative estimate of drug-likeness (QED) is 0.564. The molecule has 2 N–H and O–H groups in total. The minimum atomic E-state index is -0.555. The number of nitrogens with zero attached hydrogens (tertiary/aromatic N) is 2. The number of carbonyl (C=O) groups excluding carboxylic acids is 1. The van der Waals surface area contributed by atoms with Crippen molar-refractivity contribution in [3.05, 3.63) is 59.7 Å². The molecular weight excluding hydrogens is 332 g/mol. The van der Waals surface area contributed by atoms with Gasteiger partial charge in [-0.05, 0) is 38.1 Å². The molecule has 2 aromatic rings. The predicted molar refractivity (Wildman–Crippen MR) is 102 cm³/mol. The van der Waals surface area contributed by atoms with Crippen molar-refractivity contribution in [2.45, 2.75) is 13.8 Å². The molecule has 2 amide bonds. The van der Waals surface area contributed by atoms with Gasteiger partial charge in [-0.3, -0.25) is 0 Å². The third-order valence-corrected chi connectivity index (χ3v) is 3.18. The second-order valence-corrected chi connectivity index (χ2v) is 5.01. The average Bonchev–Trinajstić information content (AvgIpc) is 2.65. The molecule has 0 saturated heterocycles. The molecule has 2 rings (SSSR count). The lowest BCUT2D eigenvalue weighted by molar-refractivity contribution is 0.242. The molecule has 26 heavy (non-hydrogen) atoms. The van der Waals surface area contributed by atoms with E-state index < -0.39 is 6.03 Å². The van der Waals surface area contributed by atoms with Crippen molar-refractivity contribution in [2.24, 2.45) is 10.2 Å². The molecule has 0 aliphatic rings. The van der Waals surface area contributed by atoms with E-state index in [9.17, 15) is 4.79 Å². The SMILES string of the molecule is CCOc1ccccc1/C=N\NC(=O)N/N=C\c1ccccc1OCC. The van der Waals surface area contributed by atoms with Gasteiger partial charge in [0.25, 0.3) is 0 Å². The fourth-order valence-electron chi connectivity index (χ4n) is 2.09. The molecule has 0 unspecified atom stereocenters. The standard InChI is InChI=1S/C19H22N4O3/c1-3-25-17-11-7-5-9-15(17)13-20-22-19(24)23-21-14-16-10-6-8-12-18(16)26-4-2/h5-14H,3-4H2,1-2H3,(H2,22,23,24)/b20-13-,21-14-. The predicted octanol–water partition coefficient (Wildman–Crippen LogP) is 3.15. The van der Waals surface area contributed by atoms with Gasteiger partial charge in [-0.15, -0.1) is 0 Å². The second-order valence-electron chi connectivity index (χ2n) is 5.01. The van der Waals surface area contributed by atoms with Crippen molar-refractivity contribution >= 4 is 18.5 Å². The van der Waals surface area contributed by atoms with Gasteiger partial charge in [-0.2, -0.15) is 10.2 Å². The number of benzene rings is 2.